The zero-order valence-electron chi connectivity index (χ0n) is 10.7. The van der Waals surface area contributed by atoms with E-state index in [2.05, 4.69) is 0 Å². The van der Waals surface area contributed by atoms with Crippen LogP contribution in [0, 0.1) is 5.92 Å². The first-order valence-electron chi connectivity index (χ1n) is 6.17. The molecular formula is C13H18N2O3. The van der Waals surface area contributed by atoms with E-state index in [4.69, 9.17) is 5.11 Å². The number of aliphatic carboxylic acids is 1. The monoisotopic (exact) mass is 250 g/mol. The summed E-state index contributed by atoms with van der Waals surface area (Å²) in [7, 11) is 1.82. The van der Waals surface area contributed by atoms with Crippen molar-refractivity contribution in [3.8, 4) is 0 Å². The summed E-state index contributed by atoms with van der Waals surface area (Å²) in [6.07, 6.45) is 3.21. The Labute approximate surface area is 106 Å². The van der Waals surface area contributed by atoms with E-state index in [1.165, 1.54) is 0 Å². The molecule has 18 heavy (non-hydrogen) atoms. The summed E-state index contributed by atoms with van der Waals surface area (Å²) < 4.78 is 1.76. The van der Waals surface area contributed by atoms with Crippen LogP contribution in [0.15, 0.2) is 18.3 Å². The highest BCUT2D eigenvalue weighted by Crippen LogP contribution is 2.25. The van der Waals surface area contributed by atoms with Crippen molar-refractivity contribution in [3.63, 3.8) is 0 Å². The van der Waals surface area contributed by atoms with E-state index in [9.17, 15) is 9.59 Å². The zero-order chi connectivity index (χ0) is 13.3. The largest absolute Gasteiger partial charge is 0.481 e. The molecule has 98 valence electrons. The number of carboxylic acid groups (broad SMARTS) is 1. The van der Waals surface area contributed by atoms with Crippen LogP contribution in [0.2, 0.25) is 0 Å². The highest BCUT2D eigenvalue weighted by Gasteiger charge is 2.36. The Morgan fingerprint density at radius 3 is 2.72 bits per heavy atom. The third-order valence-corrected chi connectivity index (χ3v) is 3.73. The number of rotatable bonds is 2. The van der Waals surface area contributed by atoms with Gasteiger partial charge in [0.05, 0.1) is 5.92 Å². The molecule has 2 atom stereocenters. The van der Waals surface area contributed by atoms with Crippen molar-refractivity contribution in [1.29, 1.82) is 0 Å². The Morgan fingerprint density at radius 2 is 2.17 bits per heavy atom. The first-order valence-corrected chi connectivity index (χ1v) is 6.17. The molecule has 5 nitrogen and oxygen atoms in total. The molecule has 0 radical (unpaired) electrons. The predicted octanol–water partition coefficient (Wildman–Crippen LogP) is 1.35. The molecule has 0 saturated carbocycles. The zero-order valence-corrected chi connectivity index (χ0v) is 10.7. The maximum absolute atomic E-state index is 12.4. The van der Waals surface area contributed by atoms with Crippen molar-refractivity contribution in [2.24, 2.45) is 13.0 Å². The van der Waals surface area contributed by atoms with Crippen LogP contribution in [-0.4, -0.2) is 39.0 Å². The van der Waals surface area contributed by atoms with Crippen molar-refractivity contribution < 1.29 is 14.7 Å². The van der Waals surface area contributed by atoms with Gasteiger partial charge in [0.1, 0.15) is 5.69 Å². The van der Waals surface area contributed by atoms with Gasteiger partial charge in [-0.1, -0.05) is 0 Å². The lowest BCUT2D eigenvalue weighted by atomic mass is 9.90. The number of aromatic nitrogens is 1. The van der Waals surface area contributed by atoms with Gasteiger partial charge < -0.3 is 14.6 Å². The molecule has 0 spiro atoms. The molecule has 1 fully saturated rings. The Morgan fingerprint density at radius 1 is 1.44 bits per heavy atom. The van der Waals surface area contributed by atoms with Gasteiger partial charge in [0.25, 0.3) is 5.91 Å². The van der Waals surface area contributed by atoms with E-state index in [0.29, 0.717) is 18.7 Å². The van der Waals surface area contributed by atoms with Crippen molar-refractivity contribution in [2.45, 2.75) is 25.8 Å². The van der Waals surface area contributed by atoms with E-state index in [0.717, 1.165) is 6.42 Å². The smallest absolute Gasteiger partial charge is 0.308 e. The molecular weight excluding hydrogens is 232 g/mol. The molecule has 1 aliphatic rings. The van der Waals surface area contributed by atoms with Crippen LogP contribution in [0.5, 0.6) is 0 Å². The lowest BCUT2D eigenvalue weighted by Crippen LogP contribution is -2.49. The number of carbonyl (C=O) groups is 2. The highest BCUT2D eigenvalue weighted by molar-refractivity contribution is 5.93. The van der Waals surface area contributed by atoms with E-state index in [-0.39, 0.29) is 11.9 Å². The van der Waals surface area contributed by atoms with Gasteiger partial charge in [0, 0.05) is 25.8 Å². The average molecular weight is 250 g/mol. The van der Waals surface area contributed by atoms with Gasteiger partial charge >= 0.3 is 5.97 Å². The number of aryl methyl sites for hydroxylation is 1. The molecule has 0 bridgehead atoms. The summed E-state index contributed by atoms with van der Waals surface area (Å²) in [5.74, 6) is -1.35. The van der Waals surface area contributed by atoms with Gasteiger partial charge in [-0.25, -0.2) is 0 Å². The van der Waals surface area contributed by atoms with E-state index < -0.39 is 11.9 Å². The minimum Gasteiger partial charge on any atom is -0.481 e. The summed E-state index contributed by atoms with van der Waals surface area (Å²) in [5, 5.41) is 9.15. The first-order chi connectivity index (χ1) is 8.52. The lowest BCUT2D eigenvalue weighted by Gasteiger charge is -2.37. The van der Waals surface area contributed by atoms with Crippen molar-refractivity contribution >= 4 is 11.9 Å². The Bertz CT molecular complexity index is 467. The predicted molar refractivity (Wildman–Crippen MR) is 66.3 cm³/mol. The quantitative estimate of drug-likeness (QED) is 0.861. The van der Waals surface area contributed by atoms with Crippen molar-refractivity contribution in [3.05, 3.63) is 24.0 Å². The number of carboxylic acids is 1. The summed E-state index contributed by atoms with van der Waals surface area (Å²) in [6.45, 7) is 2.45. The highest BCUT2D eigenvalue weighted by atomic mass is 16.4. The van der Waals surface area contributed by atoms with Crippen LogP contribution >= 0.6 is 0 Å². The number of hydrogen-bond acceptors (Lipinski definition) is 2. The Kier molecular flexibility index (Phi) is 3.41. The lowest BCUT2D eigenvalue weighted by molar-refractivity contribution is -0.144. The van der Waals surface area contributed by atoms with Crippen molar-refractivity contribution in [2.75, 3.05) is 6.54 Å². The number of nitrogens with zero attached hydrogens (tertiary/aromatic N) is 2. The van der Waals surface area contributed by atoms with Gasteiger partial charge in [-0.15, -0.1) is 0 Å². The van der Waals surface area contributed by atoms with E-state index >= 15 is 0 Å². The average Bonchev–Trinajstić information content (AvgIpc) is 2.74. The summed E-state index contributed by atoms with van der Waals surface area (Å²) in [6, 6.07) is 3.33. The molecule has 2 rings (SSSR count). The molecule has 1 aliphatic heterocycles. The topological polar surface area (TPSA) is 62.5 Å². The van der Waals surface area contributed by atoms with E-state index in [1.807, 2.05) is 26.2 Å². The van der Waals surface area contributed by atoms with Gasteiger partial charge in [-0.3, -0.25) is 9.59 Å². The maximum atomic E-state index is 12.4. The molecule has 1 aromatic heterocycles. The van der Waals surface area contributed by atoms with Gasteiger partial charge in [0.15, 0.2) is 0 Å². The first kappa shape index (κ1) is 12.7. The molecule has 0 aliphatic carbocycles. The molecule has 5 heteroatoms. The van der Waals surface area contributed by atoms with Crippen LogP contribution in [0.1, 0.15) is 30.3 Å². The minimum absolute atomic E-state index is 0.0825. The number of piperidine rings is 1. The van der Waals surface area contributed by atoms with Gasteiger partial charge in [0.2, 0.25) is 0 Å². The van der Waals surface area contributed by atoms with Crippen LogP contribution in [-0.2, 0) is 11.8 Å². The second kappa shape index (κ2) is 4.84. The van der Waals surface area contributed by atoms with Gasteiger partial charge in [-0.05, 0) is 31.9 Å². The molecule has 0 aromatic carbocycles. The van der Waals surface area contributed by atoms with Crippen LogP contribution < -0.4 is 0 Å². The molecule has 1 N–H and O–H groups in total. The van der Waals surface area contributed by atoms with Crippen LogP contribution in [0.25, 0.3) is 0 Å². The Hall–Kier alpha value is -1.78. The second-order valence-corrected chi connectivity index (χ2v) is 4.83. The van der Waals surface area contributed by atoms with Crippen LogP contribution in [0.3, 0.4) is 0 Å². The molecule has 0 unspecified atom stereocenters. The normalized spacial score (nSPS) is 24.0. The number of amides is 1. The summed E-state index contributed by atoms with van der Waals surface area (Å²) >= 11 is 0. The fourth-order valence-electron chi connectivity index (χ4n) is 2.59. The Balaban J connectivity index is 2.20. The van der Waals surface area contributed by atoms with E-state index in [1.54, 1.807) is 15.5 Å². The molecule has 1 aromatic rings. The maximum Gasteiger partial charge on any atom is 0.308 e. The fraction of sp³-hybridized carbons (Fsp3) is 0.538. The third kappa shape index (κ3) is 2.12. The van der Waals surface area contributed by atoms with Crippen molar-refractivity contribution in [1.82, 2.24) is 9.47 Å². The third-order valence-electron chi connectivity index (χ3n) is 3.73. The SMILES string of the molecule is C[C@@H]1[C@H](C(=O)O)CCCN1C(=O)c1cccn1C. The fourth-order valence-corrected chi connectivity index (χ4v) is 2.59. The summed E-state index contributed by atoms with van der Waals surface area (Å²) in [5.41, 5.74) is 0.605. The second-order valence-electron chi connectivity index (χ2n) is 4.83. The molecule has 1 amide bonds. The standard InChI is InChI=1S/C13H18N2O3/c1-9-10(13(17)18)5-3-8-15(9)12(16)11-6-4-7-14(11)2/h4,6-7,9-10H,3,5,8H2,1-2H3,(H,17,18)/t9-,10-/m1/s1. The van der Waals surface area contributed by atoms with Gasteiger partial charge in [-0.2, -0.15) is 0 Å². The number of carbonyl (C=O) groups excluding carboxylic acids is 1. The number of likely N-dealkylation sites (tertiary alicyclic amines) is 1. The minimum atomic E-state index is -0.813. The molecule has 2 heterocycles. The summed E-state index contributed by atoms with van der Waals surface area (Å²) in [4.78, 5) is 25.2. The van der Waals surface area contributed by atoms with Crippen LogP contribution in [0.4, 0.5) is 0 Å². The number of hydrogen-bond donors (Lipinski definition) is 1. The molecule has 1 saturated heterocycles.